The van der Waals surface area contributed by atoms with Crippen LogP contribution in [0.2, 0.25) is 0 Å². The van der Waals surface area contributed by atoms with Crippen molar-refractivity contribution in [2.24, 2.45) is 0 Å². The molecule has 1 N–H and O–H groups in total. The number of ether oxygens (including phenoxy) is 1. The van der Waals surface area contributed by atoms with Crippen LogP contribution in [0, 0.1) is 18.3 Å². The molecule has 0 radical (unpaired) electrons. The van der Waals surface area contributed by atoms with Gasteiger partial charge in [-0.25, -0.2) is 4.98 Å². The number of nitrogens with one attached hydrogen (secondary N) is 1. The number of carbonyl (C=O) groups excluding carboxylic acids is 1. The first-order valence-electron chi connectivity index (χ1n) is 12.4. The summed E-state index contributed by atoms with van der Waals surface area (Å²) in [6.07, 6.45) is 5.35. The minimum absolute atomic E-state index is 0.110. The van der Waals surface area contributed by atoms with E-state index in [9.17, 15) is 4.79 Å². The molecule has 180 valence electrons. The molecule has 2 heterocycles. The quantitative estimate of drug-likeness (QED) is 0.543. The highest BCUT2D eigenvalue weighted by atomic mass is 16.5. The van der Waals surface area contributed by atoms with Gasteiger partial charge in [-0.3, -0.25) is 9.89 Å². The van der Waals surface area contributed by atoms with Crippen LogP contribution in [-0.4, -0.2) is 46.2 Å². The molecule has 1 aliphatic heterocycles. The molecular formula is C28H31N5O2. The number of hydrogen-bond donors (Lipinski definition) is 1. The summed E-state index contributed by atoms with van der Waals surface area (Å²) >= 11 is 0. The van der Waals surface area contributed by atoms with Crippen LogP contribution in [-0.2, 0) is 11.3 Å². The summed E-state index contributed by atoms with van der Waals surface area (Å²) in [7, 11) is 1.63. The molecule has 0 bridgehead atoms. The third-order valence-corrected chi connectivity index (χ3v) is 7.52. The van der Waals surface area contributed by atoms with Crippen molar-refractivity contribution < 1.29 is 9.53 Å². The van der Waals surface area contributed by atoms with Crippen molar-refractivity contribution in [3.8, 4) is 17.5 Å². The van der Waals surface area contributed by atoms with Crippen molar-refractivity contribution in [3.05, 3.63) is 70.0 Å². The molecule has 3 aromatic rings. The second-order valence-electron chi connectivity index (χ2n) is 9.72. The molecule has 7 heteroatoms. The van der Waals surface area contributed by atoms with Gasteiger partial charge in [-0.05, 0) is 79.3 Å². The predicted molar refractivity (Wildman–Crippen MR) is 133 cm³/mol. The molecule has 5 rings (SSSR count). The first kappa shape index (κ1) is 23.3. The van der Waals surface area contributed by atoms with Crippen LogP contribution in [0.5, 0.6) is 0 Å². The zero-order valence-corrected chi connectivity index (χ0v) is 20.4. The summed E-state index contributed by atoms with van der Waals surface area (Å²) in [5.41, 5.74) is 5.88. The average molecular weight is 470 g/mol. The largest absolute Gasteiger partial charge is 0.377 e. The lowest BCUT2D eigenvalue weighted by atomic mass is 9.76. The summed E-state index contributed by atoms with van der Waals surface area (Å²) in [4.78, 5) is 20.4. The normalized spacial score (nSPS) is 16.7. The third kappa shape index (κ3) is 4.71. The Balaban J connectivity index is 1.38. The van der Waals surface area contributed by atoms with Crippen LogP contribution in [0.1, 0.15) is 82.4 Å². The van der Waals surface area contributed by atoms with Gasteiger partial charge in [-0.2, -0.15) is 10.4 Å². The van der Waals surface area contributed by atoms with Crippen molar-refractivity contribution in [2.75, 3.05) is 20.2 Å². The Morgan fingerprint density at radius 2 is 1.89 bits per heavy atom. The molecule has 1 aliphatic carbocycles. The lowest BCUT2D eigenvalue weighted by Crippen LogP contribution is -2.38. The lowest BCUT2D eigenvalue weighted by Gasteiger charge is -2.34. The molecule has 0 unspecified atom stereocenters. The van der Waals surface area contributed by atoms with Gasteiger partial charge in [0.1, 0.15) is 6.61 Å². The molecule has 1 aromatic heterocycles. The molecule has 0 spiro atoms. The van der Waals surface area contributed by atoms with Gasteiger partial charge in [-0.15, -0.1) is 0 Å². The standard InChI is InChI=1S/C28H31N5O2/c1-18-14-24(22-4-3-5-22)25(15-23(18)27-30-26(17-35-2)31-32-27)28(34)33-12-10-21(11-13-33)20-8-6-19(16-29)7-9-20/h6-9,14-15,21-22H,3-5,10-13,17H2,1-2H3,(H,30,31,32). The fourth-order valence-electron chi connectivity index (χ4n) is 5.25. The molecule has 0 atom stereocenters. The molecule has 2 aromatic carbocycles. The zero-order valence-electron chi connectivity index (χ0n) is 20.4. The fourth-order valence-corrected chi connectivity index (χ4v) is 5.25. The first-order chi connectivity index (χ1) is 17.1. The van der Waals surface area contributed by atoms with Crippen LogP contribution in [0.3, 0.4) is 0 Å². The number of H-pyrrole nitrogens is 1. The Kier molecular flexibility index (Phi) is 6.65. The van der Waals surface area contributed by atoms with Gasteiger partial charge < -0.3 is 9.64 Å². The topological polar surface area (TPSA) is 94.9 Å². The average Bonchev–Trinajstić information content (AvgIpc) is 3.31. The number of aromatic amines is 1. The van der Waals surface area contributed by atoms with Crippen LogP contribution >= 0.6 is 0 Å². The number of likely N-dealkylation sites (tertiary alicyclic amines) is 1. The van der Waals surface area contributed by atoms with Crippen molar-refractivity contribution >= 4 is 5.91 Å². The number of benzene rings is 2. The number of rotatable bonds is 6. The van der Waals surface area contributed by atoms with E-state index in [0.29, 0.717) is 35.7 Å². The second kappa shape index (κ2) is 10.0. The molecule has 1 saturated heterocycles. The number of methoxy groups -OCH3 is 1. The summed E-state index contributed by atoms with van der Waals surface area (Å²) in [5.74, 6) is 2.25. The molecule has 2 aliphatic rings. The van der Waals surface area contributed by atoms with E-state index in [4.69, 9.17) is 10.00 Å². The van der Waals surface area contributed by atoms with Crippen molar-refractivity contribution in [1.29, 1.82) is 5.26 Å². The Hall–Kier alpha value is -3.50. The number of aromatic nitrogens is 3. The minimum atomic E-state index is 0.110. The SMILES string of the molecule is COCc1nc(-c2cc(C(=O)N3CCC(c4ccc(C#N)cc4)CC3)c(C3CCC3)cc2C)n[nH]1. The van der Waals surface area contributed by atoms with E-state index in [-0.39, 0.29) is 5.91 Å². The van der Waals surface area contributed by atoms with Crippen molar-refractivity contribution in [3.63, 3.8) is 0 Å². The Morgan fingerprint density at radius 1 is 1.14 bits per heavy atom. The summed E-state index contributed by atoms with van der Waals surface area (Å²) in [5, 5.41) is 16.4. The van der Waals surface area contributed by atoms with E-state index in [0.717, 1.165) is 55.5 Å². The van der Waals surface area contributed by atoms with Gasteiger partial charge in [0.05, 0.1) is 11.6 Å². The lowest BCUT2D eigenvalue weighted by molar-refractivity contribution is 0.0710. The Labute approximate surface area is 206 Å². The molecular weight excluding hydrogens is 438 g/mol. The van der Waals surface area contributed by atoms with E-state index in [1.54, 1.807) is 7.11 Å². The number of piperidine rings is 1. The Bertz CT molecular complexity index is 1250. The van der Waals surface area contributed by atoms with Gasteiger partial charge in [0.2, 0.25) is 0 Å². The summed E-state index contributed by atoms with van der Waals surface area (Å²) < 4.78 is 5.16. The zero-order chi connectivity index (χ0) is 24.4. The van der Waals surface area contributed by atoms with E-state index in [1.807, 2.05) is 23.1 Å². The molecule has 2 fully saturated rings. The van der Waals surface area contributed by atoms with E-state index in [2.05, 4.69) is 46.4 Å². The van der Waals surface area contributed by atoms with Gasteiger partial charge in [-0.1, -0.05) is 24.6 Å². The van der Waals surface area contributed by atoms with Crippen LogP contribution in [0.25, 0.3) is 11.4 Å². The van der Waals surface area contributed by atoms with E-state index < -0.39 is 0 Å². The fraction of sp³-hybridized carbons (Fsp3) is 0.429. The number of aryl methyl sites for hydroxylation is 1. The second-order valence-corrected chi connectivity index (χ2v) is 9.72. The number of carbonyl (C=O) groups is 1. The highest BCUT2D eigenvalue weighted by molar-refractivity contribution is 5.97. The van der Waals surface area contributed by atoms with Gasteiger partial charge in [0.25, 0.3) is 5.91 Å². The highest BCUT2D eigenvalue weighted by Crippen LogP contribution is 2.41. The maximum atomic E-state index is 13.8. The minimum Gasteiger partial charge on any atom is -0.377 e. The number of hydrogen-bond acceptors (Lipinski definition) is 5. The van der Waals surface area contributed by atoms with Gasteiger partial charge in [0, 0.05) is 31.3 Å². The maximum Gasteiger partial charge on any atom is 0.254 e. The van der Waals surface area contributed by atoms with Crippen LogP contribution in [0.4, 0.5) is 0 Å². The van der Waals surface area contributed by atoms with Crippen LogP contribution in [0.15, 0.2) is 36.4 Å². The van der Waals surface area contributed by atoms with Crippen LogP contribution < -0.4 is 0 Å². The monoisotopic (exact) mass is 469 g/mol. The summed E-state index contributed by atoms with van der Waals surface area (Å²) in [6.45, 7) is 3.90. The predicted octanol–water partition coefficient (Wildman–Crippen LogP) is 5.09. The molecule has 1 amide bonds. The Morgan fingerprint density at radius 3 is 2.51 bits per heavy atom. The number of nitriles is 1. The maximum absolute atomic E-state index is 13.8. The van der Waals surface area contributed by atoms with Crippen molar-refractivity contribution in [1.82, 2.24) is 20.1 Å². The van der Waals surface area contributed by atoms with Crippen molar-refractivity contribution in [2.45, 2.75) is 57.5 Å². The summed E-state index contributed by atoms with van der Waals surface area (Å²) in [6, 6.07) is 14.2. The first-order valence-corrected chi connectivity index (χ1v) is 12.4. The molecule has 35 heavy (non-hydrogen) atoms. The number of nitrogens with zero attached hydrogens (tertiary/aromatic N) is 4. The van der Waals surface area contributed by atoms with E-state index >= 15 is 0 Å². The van der Waals surface area contributed by atoms with Gasteiger partial charge >= 0.3 is 0 Å². The highest BCUT2D eigenvalue weighted by Gasteiger charge is 2.30. The smallest absolute Gasteiger partial charge is 0.254 e. The molecule has 7 nitrogen and oxygen atoms in total. The molecule has 1 saturated carbocycles. The number of amides is 1. The third-order valence-electron chi connectivity index (χ3n) is 7.52. The van der Waals surface area contributed by atoms with Gasteiger partial charge in [0.15, 0.2) is 11.6 Å². The van der Waals surface area contributed by atoms with E-state index in [1.165, 1.54) is 17.5 Å².